The van der Waals surface area contributed by atoms with E-state index in [0.717, 1.165) is 18.6 Å². The van der Waals surface area contributed by atoms with E-state index < -0.39 is 0 Å². The maximum Gasteiger partial charge on any atom is 0.145 e. The van der Waals surface area contributed by atoms with E-state index in [1.165, 1.54) is 23.1 Å². The molecule has 114 valence electrons. The first-order valence-electron chi connectivity index (χ1n) is 8.22. The Labute approximate surface area is 132 Å². The number of benzene rings is 1. The van der Waals surface area contributed by atoms with Crippen molar-refractivity contribution in [1.82, 2.24) is 5.16 Å². The highest BCUT2D eigenvalue weighted by Crippen LogP contribution is 2.56. The van der Waals surface area contributed by atoms with Crippen LogP contribution in [0.25, 0.3) is 5.57 Å². The number of hydrogen-bond donors (Lipinski definition) is 0. The van der Waals surface area contributed by atoms with Crippen LogP contribution >= 0.6 is 0 Å². The number of allylic oxidation sites excluding steroid dienone is 2. The van der Waals surface area contributed by atoms with Gasteiger partial charge in [0.25, 0.3) is 0 Å². The molecule has 2 aliphatic rings. The first-order valence-corrected chi connectivity index (χ1v) is 8.22. The molecule has 2 aliphatic carbocycles. The Balaban J connectivity index is 1.81. The summed E-state index contributed by atoms with van der Waals surface area (Å²) in [6, 6.07) is 10.8. The average Bonchev–Trinajstić information content (AvgIpc) is 2.96. The van der Waals surface area contributed by atoms with Gasteiger partial charge >= 0.3 is 0 Å². The summed E-state index contributed by atoms with van der Waals surface area (Å²) in [5, 5.41) is 4.07. The van der Waals surface area contributed by atoms with Gasteiger partial charge in [0.2, 0.25) is 0 Å². The van der Waals surface area contributed by atoms with E-state index in [-0.39, 0.29) is 10.8 Å². The molecule has 0 N–H and O–H groups in total. The highest BCUT2D eigenvalue weighted by Gasteiger charge is 2.51. The van der Waals surface area contributed by atoms with Gasteiger partial charge < -0.3 is 4.52 Å². The third kappa shape index (κ3) is 1.89. The Morgan fingerprint density at radius 1 is 1.14 bits per heavy atom. The molecule has 1 aromatic carbocycles. The van der Waals surface area contributed by atoms with Gasteiger partial charge in [-0.15, -0.1) is 0 Å². The van der Waals surface area contributed by atoms with Crippen LogP contribution in [0, 0.1) is 11.3 Å². The Bertz CT molecular complexity index is 725. The lowest BCUT2D eigenvalue weighted by Crippen LogP contribution is -2.46. The molecule has 2 heteroatoms. The fraction of sp³-hybridized carbons (Fsp3) is 0.450. The third-order valence-electron chi connectivity index (χ3n) is 5.82. The fourth-order valence-electron chi connectivity index (χ4n) is 4.93. The summed E-state index contributed by atoms with van der Waals surface area (Å²) in [6.07, 6.45) is 7.86. The first kappa shape index (κ1) is 13.8. The average molecular weight is 293 g/mol. The number of rotatable bonds is 1. The van der Waals surface area contributed by atoms with Crippen LogP contribution in [0.15, 0.2) is 47.1 Å². The van der Waals surface area contributed by atoms with Crippen LogP contribution in [0.5, 0.6) is 0 Å². The maximum atomic E-state index is 5.61. The molecule has 2 nitrogen and oxygen atoms in total. The first-order chi connectivity index (χ1) is 10.5. The van der Waals surface area contributed by atoms with Crippen LogP contribution in [0.4, 0.5) is 0 Å². The van der Waals surface area contributed by atoms with Gasteiger partial charge in [-0.25, -0.2) is 0 Å². The molecule has 2 aromatic rings. The number of fused-ring (bicyclic) bond motifs is 2. The Hall–Kier alpha value is -1.83. The van der Waals surface area contributed by atoms with Crippen molar-refractivity contribution in [2.24, 2.45) is 11.3 Å². The van der Waals surface area contributed by atoms with Gasteiger partial charge in [-0.2, -0.15) is 0 Å². The van der Waals surface area contributed by atoms with Crippen molar-refractivity contribution in [2.45, 2.75) is 45.4 Å². The zero-order valence-electron chi connectivity index (χ0n) is 13.6. The Morgan fingerprint density at radius 2 is 1.91 bits per heavy atom. The monoisotopic (exact) mass is 293 g/mol. The summed E-state index contributed by atoms with van der Waals surface area (Å²) in [5.74, 6) is 1.71. The summed E-state index contributed by atoms with van der Waals surface area (Å²) >= 11 is 0. The normalized spacial score (nSPS) is 29.4. The molecule has 1 heterocycles. The minimum absolute atomic E-state index is 0.0531. The molecular weight excluding hydrogens is 270 g/mol. The lowest BCUT2D eigenvalue weighted by molar-refractivity contribution is 0.0963. The smallest absolute Gasteiger partial charge is 0.145 e. The summed E-state index contributed by atoms with van der Waals surface area (Å²) in [6.45, 7) is 7.05. The molecular formula is C20H23NO. The summed E-state index contributed by atoms with van der Waals surface area (Å²) in [4.78, 5) is 0. The number of aromatic nitrogens is 1. The Kier molecular flexibility index (Phi) is 2.87. The van der Waals surface area contributed by atoms with Gasteiger partial charge in [0.05, 0.1) is 6.20 Å². The van der Waals surface area contributed by atoms with Crippen LogP contribution in [0.2, 0.25) is 0 Å². The van der Waals surface area contributed by atoms with Gasteiger partial charge in [0, 0.05) is 11.0 Å². The molecule has 22 heavy (non-hydrogen) atoms. The van der Waals surface area contributed by atoms with Gasteiger partial charge in [0.1, 0.15) is 5.76 Å². The van der Waals surface area contributed by atoms with Gasteiger partial charge in [-0.1, -0.05) is 62.3 Å². The fourth-order valence-corrected chi connectivity index (χ4v) is 4.93. The SMILES string of the molecule is CC1(C)c2oncc2C[C@]2(C)C=C(c3ccccc3)CC[C@@H]12. The molecule has 0 spiro atoms. The van der Waals surface area contributed by atoms with Crippen LogP contribution in [-0.2, 0) is 11.8 Å². The van der Waals surface area contributed by atoms with Crippen LogP contribution < -0.4 is 0 Å². The molecule has 0 amide bonds. The largest absolute Gasteiger partial charge is 0.361 e. The van der Waals surface area contributed by atoms with Crippen LogP contribution in [0.1, 0.15) is 50.5 Å². The van der Waals surface area contributed by atoms with E-state index >= 15 is 0 Å². The minimum atomic E-state index is 0.0531. The van der Waals surface area contributed by atoms with Gasteiger partial charge in [-0.05, 0) is 41.7 Å². The molecule has 0 saturated carbocycles. The van der Waals surface area contributed by atoms with E-state index in [4.69, 9.17) is 4.52 Å². The predicted molar refractivity (Wildman–Crippen MR) is 88.5 cm³/mol. The Morgan fingerprint density at radius 3 is 2.68 bits per heavy atom. The zero-order chi connectivity index (χ0) is 15.4. The highest BCUT2D eigenvalue weighted by molar-refractivity contribution is 5.67. The molecule has 4 rings (SSSR count). The molecule has 0 aliphatic heterocycles. The number of nitrogens with zero attached hydrogens (tertiary/aromatic N) is 1. The van der Waals surface area contributed by atoms with Crippen molar-refractivity contribution in [3.05, 3.63) is 59.5 Å². The highest BCUT2D eigenvalue weighted by atomic mass is 16.5. The van der Waals surface area contributed by atoms with E-state index in [9.17, 15) is 0 Å². The van der Waals surface area contributed by atoms with Crippen molar-refractivity contribution in [3.8, 4) is 0 Å². The third-order valence-corrected chi connectivity index (χ3v) is 5.82. The van der Waals surface area contributed by atoms with Gasteiger partial charge in [0.15, 0.2) is 0 Å². The van der Waals surface area contributed by atoms with E-state index in [0.29, 0.717) is 5.92 Å². The van der Waals surface area contributed by atoms with Crippen molar-refractivity contribution in [2.75, 3.05) is 0 Å². The van der Waals surface area contributed by atoms with E-state index in [1.807, 2.05) is 6.20 Å². The zero-order valence-corrected chi connectivity index (χ0v) is 13.6. The molecule has 0 fully saturated rings. The molecule has 2 atom stereocenters. The standard InChI is InChI=1S/C20H23NO/c1-19(2)17-10-9-15(14-7-5-4-6-8-14)11-20(17,3)12-16-13-21-22-18(16)19/h4-8,11,13,17H,9-10,12H2,1-3H3/t17-,20-/m0/s1. The maximum absolute atomic E-state index is 5.61. The molecule has 0 radical (unpaired) electrons. The van der Waals surface area contributed by atoms with Crippen LogP contribution in [-0.4, -0.2) is 5.16 Å². The van der Waals surface area contributed by atoms with E-state index in [2.05, 4.69) is 62.3 Å². The molecule has 0 bridgehead atoms. The summed E-state index contributed by atoms with van der Waals surface area (Å²) in [5.41, 5.74) is 4.39. The lowest BCUT2D eigenvalue weighted by atomic mass is 9.53. The van der Waals surface area contributed by atoms with Gasteiger partial charge in [-0.3, -0.25) is 0 Å². The van der Waals surface area contributed by atoms with Crippen LogP contribution in [0.3, 0.4) is 0 Å². The number of hydrogen-bond acceptors (Lipinski definition) is 2. The van der Waals surface area contributed by atoms with Crippen molar-refractivity contribution >= 4 is 5.57 Å². The lowest BCUT2D eigenvalue weighted by Gasteiger charge is -2.50. The minimum Gasteiger partial charge on any atom is -0.361 e. The molecule has 0 unspecified atom stereocenters. The summed E-state index contributed by atoms with van der Waals surface area (Å²) < 4.78 is 5.61. The molecule has 1 aromatic heterocycles. The van der Waals surface area contributed by atoms with E-state index in [1.54, 1.807) is 0 Å². The van der Waals surface area contributed by atoms with Crippen molar-refractivity contribution < 1.29 is 4.52 Å². The second-order valence-corrected chi connectivity index (χ2v) is 7.71. The topological polar surface area (TPSA) is 26.0 Å². The molecule has 0 saturated heterocycles. The second-order valence-electron chi connectivity index (χ2n) is 7.71. The quantitative estimate of drug-likeness (QED) is 0.739. The van der Waals surface area contributed by atoms with Crippen molar-refractivity contribution in [1.29, 1.82) is 0 Å². The predicted octanol–water partition coefficient (Wildman–Crippen LogP) is 5.01. The van der Waals surface area contributed by atoms with Crippen molar-refractivity contribution in [3.63, 3.8) is 0 Å². The summed E-state index contributed by atoms with van der Waals surface area (Å²) in [7, 11) is 0. The second kappa shape index (κ2) is 4.58.